The van der Waals surface area contributed by atoms with Crippen molar-refractivity contribution >= 4 is 11.4 Å². The Bertz CT molecular complexity index is 538. The lowest BCUT2D eigenvalue weighted by Crippen LogP contribution is -2.07. The molecule has 0 saturated carbocycles. The Kier molecular flexibility index (Phi) is 4.26. The van der Waals surface area contributed by atoms with E-state index in [1.807, 2.05) is 30.3 Å². The third-order valence-electron chi connectivity index (χ3n) is 2.87. The summed E-state index contributed by atoms with van der Waals surface area (Å²) in [6, 6.07) is 12.8. The highest BCUT2D eigenvalue weighted by Gasteiger charge is 2.04. The summed E-state index contributed by atoms with van der Waals surface area (Å²) in [4.78, 5) is 0. The molecule has 0 spiro atoms. The number of phenols is 1. The zero-order valence-electron chi connectivity index (χ0n) is 10.9. The first-order valence-electron chi connectivity index (χ1n) is 6.12. The summed E-state index contributed by atoms with van der Waals surface area (Å²) in [5.74, 6) is 0.247. The van der Waals surface area contributed by atoms with Gasteiger partial charge in [0, 0.05) is 30.6 Å². The van der Waals surface area contributed by atoms with Crippen LogP contribution in [0, 0.1) is 0 Å². The molecule has 0 heterocycles. The molecule has 0 fully saturated rings. The maximum absolute atomic E-state index is 9.31. The molecule has 0 radical (unpaired) electrons. The Labute approximate surface area is 112 Å². The van der Waals surface area contributed by atoms with Crippen LogP contribution in [0.15, 0.2) is 42.5 Å². The maximum atomic E-state index is 9.31. The van der Waals surface area contributed by atoms with E-state index in [0.717, 1.165) is 23.4 Å². The molecule has 4 N–H and O–H groups in total. The molecule has 0 amide bonds. The van der Waals surface area contributed by atoms with E-state index < -0.39 is 0 Å². The van der Waals surface area contributed by atoms with Gasteiger partial charge in [0.1, 0.15) is 5.75 Å². The van der Waals surface area contributed by atoms with Crippen molar-refractivity contribution < 1.29 is 9.84 Å². The van der Waals surface area contributed by atoms with E-state index in [0.29, 0.717) is 12.3 Å². The van der Waals surface area contributed by atoms with E-state index in [4.69, 9.17) is 10.5 Å². The number of methoxy groups -OCH3 is 1. The van der Waals surface area contributed by atoms with Crippen LogP contribution in [-0.4, -0.2) is 25.4 Å². The Morgan fingerprint density at radius 1 is 1.16 bits per heavy atom. The number of rotatable bonds is 5. The van der Waals surface area contributed by atoms with Gasteiger partial charge in [0.2, 0.25) is 0 Å². The largest absolute Gasteiger partial charge is 0.508 e. The SMILES string of the molecule is COCCNc1ccc(N)c(-c2ccc(O)cc2)c1. The number of benzene rings is 2. The molecule has 100 valence electrons. The molecule has 4 nitrogen and oxygen atoms in total. The molecule has 2 aromatic rings. The summed E-state index contributed by atoms with van der Waals surface area (Å²) in [5, 5.41) is 12.6. The monoisotopic (exact) mass is 258 g/mol. The normalized spacial score (nSPS) is 10.4. The highest BCUT2D eigenvalue weighted by atomic mass is 16.5. The topological polar surface area (TPSA) is 67.5 Å². The Hall–Kier alpha value is -2.20. The van der Waals surface area contributed by atoms with Gasteiger partial charge < -0.3 is 20.9 Å². The van der Waals surface area contributed by atoms with Crippen LogP contribution in [0.2, 0.25) is 0 Å². The van der Waals surface area contributed by atoms with Gasteiger partial charge in [-0.3, -0.25) is 0 Å². The van der Waals surface area contributed by atoms with Crippen molar-refractivity contribution in [1.29, 1.82) is 0 Å². The van der Waals surface area contributed by atoms with Crippen LogP contribution < -0.4 is 11.1 Å². The second kappa shape index (κ2) is 6.11. The average Bonchev–Trinajstić information content (AvgIpc) is 2.42. The summed E-state index contributed by atoms with van der Waals surface area (Å²) >= 11 is 0. The van der Waals surface area contributed by atoms with Gasteiger partial charge in [-0.15, -0.1) is 0 Å². The Morgan fingerprint density at radius 3 is 2.58 bits per heavy atom. The van der Waals surface area contributed by atoms with Crippen LogP contribution in [0.1, 0.15) is 0 Å². The number of anilines is 2. The molecular formula is C15H18N2O2. The van der Waals surface area contributed by atoms with Crippen LogP contribution in [-0.2, 0) is 4.74 Å². The minimum atomic E-state index is 0.247. The average molecular weight is 258 g/mol. The van der Waals surface area contributed by atoms with Gasteiger partial charge in [0.25, 0.3) is 0 Å². The molecule has 0 saturated heterocycles. The van der Waals surface area contributed by atoms with Gasteiger partial charge in [-0.2, -0.15) is 0 Å². The number of ether oxygens (including phenoxy) is 1. The van der Waals surface area contributed by atoms with Gasteiger partial charge in [0.15, 0.2) is 0 Å². The number of hydrogen-bond acceptors (Lipinski definition) is 4. The smallest absolute Gasteiger partial charge is 0.115 e. The van der Waals surface area contributed by atoms with Crippen LogP contribution in [0.5, 0.6) is 5.75 Å². The Balaban J connectivity index is 2.24. The predicted molar refractivity (Wildman–Crippen MR) is 78.3 cm³/mol. The van der Waals surface area contributed by atoms with Gasteiger partial charge in [-0.05, 0) is 35.9 Å². The minimum Gasteiger partial charge on any atom is -0.508 e. The second-order valence-corrected chi connectivity index (χ2v) is 4.27. The van der Waals surface area contributed by atoms with Crippen molar-refractivity contribution in [1.82, 2.24) is 0 Å². The first kappa shape index (κ1) is 13.2. The van der Waals surface area contributed by atoms with E-state index in [2.05, 4.69) is 5.32 Å². The van der Waals surface area contributed by atoms with Crippen molar-refractivity contribution in [3.63, 3.8) is 0 Å². The lowest BCUT2D eigenvalue weighted by molar-refractivity contribution is 0.211. The first-order chi connectivity index (χ1) is 9.20. The fourth-order valence-corrected chi connectivity index (χ4v) is 1.85. The second-order valence-electron chi connectivity index (χ2n) is 4.27. The number of nitrogens with one attached hydrogen (secondary N) is 1. The summed E-state index contributed by atoms with van der Waals surface area (Å²) in [5.41, 5.74) is 9.63. The third kappa shape index (κ3) is 3.39. The summed E-state index contributed by atoms with van der Waals surface area (Å²) in [7, 11) is 1.67. The highest BCUT2D eigenvalue weighted by Crippen LogP contribution is 2.29. The number of hydrogen-bond donors (Lipinski definition) is 3. The van der Waals surface area contributed by atoms with E-state index in [1.165, 1.54) is 0 Å². The van der Waals surface area contributed by atoms with Crippen molar-refractivity contribution in [2.24, 2.45) is 0 Å². The molecule has 0 unspecified atom stereocenters. The molecule has 19 heavy (non-hydrogen) atoms. The zero-order chi connectivity index (χ0) is 13.7. The molecule has 2 rings (SSSR count). The zero-order valence-corrected chi connectivity index (χ0v) is 10.9. The standard InChI is InChI=1S/C15H18N2O2/c1-19-9-8-17-12-4-7-15(16)14(10-12)11-2-5-13(18)6-3-11/h2-7,10,17-18H,8-9,16H2,1H3. The van der Waals surface area contributed by atoms with Crippen molar-refractivity contribution in [3.8, 4) is 16.9 Å². The van der Waals surface area contributed by atoms with E-state index >= 15 is 0 Å². The van der Waals surface area contributed by atoms with Crippen molar-refractivity contribution in [2.45, 2.75) is 0 Å². The quantitative estimate of drug-likeness (QED) is 0.570. The van der Waals surface area contributed by atoms with E-state index in [1.54, 1.807) is 19.2 Å². The fourth-order valence-electron chi connectivity index (χ4n) is 1.85. The summed E-state index contributed by atoms with van der Waals surface area (Å²) in [6.45, 7) is 1.40. The maximum Gasteiger partial charge on any atom is 0.115 e. The predicted octanol–water partition coefficient (Wildman–Crippen LogP) is 2.70. The highest BCUT2D eigenvalue weighted by molar-refractivity contribution is 5.79. The van der Waals surface area contributed by atoms with E-state index in [9.17, 15) is 5.11 Å². The number of phenolic OH excluding ortho intramolecular Hbond substituents is 1. The van der Waals surface area contributed by atoms with Crippen LogP contribution >= 0.6 is 0 Å². The van der Waals surface area contributed by atoms with Crippen LogP contribution in [0.3, 0.4) is 0 Å². The molecule has 0 atom stereocenters. The first-order valence-corrected chi connectivity index (χ1v) is 6.12. The molecule has 0 aliphatic rings. The van der Waals surface area contributed by atoms with Crippen molar-refractivity contribution in [2.75, 3.05) is 31.3 Å². The molecule has 4 heteroatoms. The number of nitrogen functional groups attached to an aromatic ring is 1. The fraction of sp³-hybridized carbons (Fsp3) is 0.200. The van der Waals surface area contributed by atoms with Gasteiger partial charge in [0.05, 0.1) is 6.61 Å². The van der Waals surface area contributed by atoms with E-state index in [-0.39, 0.29) is 5.75 Å². The van der Waals surface area contributed by atoms with Gasteiger partial charge >= 0.3 is 0 Å². The lowest BCUT2D eigenvalue weighted by atomic mass is 10.0. The van der Waals surface area contributed by atoms with Crippen LogP contribution in [0.4, 0.5) is 11.4 Å². The van der Waals surface area contributed by atoms with Crippen molar-refractivity contribution in [3.05, 3.63) is 42.5 Å². The number of nitrogens with two attached hydrogens (primary N) is 1. The number of aromatic hydroxyl groups is 1. The third-order valence-corrected chi connectivity index (χ3v) is 2.87. The molecular weight excluding hydrogens is 240 g/mol. The van der Waals surface area contributed by atoms with Crippen LogP contribution in [0.25, 0.3) is 11.1 Å². The minimum absolute atomic E-state index is 0.247. The molecule has 2 aromatic carbocycles. The molecule has 0 aliphatic heterocycles. The van der Waals surface area contributed by atoms with Gasteiger partial charge in [-0.25, -0.2) is 0 Å². The van der Waals surface area contributed by atoms with Gasteiger partial charge in [-0.1, -0.05) is 12.1 Å². The summed E-state index contributed by atoms with van der Waals surface area (Å²) < 4.78 is 5.00. The summed E-state index contributed by atoms with van der Waals surface area (Å²) in [6.07, 6.45) is 0. The molecule has 0 aliphatic carbocycles. The molecule has 0 bridgehead atoms. The molecule has 0 aromatic heterocycles. The lowest BCUT2D eigenvalue weighted by Gasteiger charge is -2.11. The Morgan fingerprint density at radius 2 is 1.89 bits per heavy atom.